The molecule has 11 heteroatoms. The molecule has 1 fully saturated rings. The van der Waals surface area contributed by atoms with Gasteiger partial charge in [0, 0.05) is 43.1 Å². The fourth-order valence-corrected chi connectivity index (χ4v) is 4.21. The number of amides is 3. The monoisotopic (exact) mass is 536 g/mol. The maximum absolute atomic E-state index is 14.8. The Labute approximate surface area is 226 Å². The van der Waals surface area contributed by atoms with Crippen LogP contribution in [0.2, 0.25) is 0 Å². The van der Waals surface area contributed by atoms with Crippen molar-refractivity contribution in [2.24, 2.45) is 0 Å². The van der Waals surface area contributed by atoms with Gasteiger partial charge in [0.2, 0.25) is 5.91 Å². The molecule has 0 radical (unpaired) electrons. The fraction of sp³-hybridized carbons (Fsp3) is 0.259. The molecule has 2 aromatic carbocycles. The highest BCUT2D eigenvalue weighted by Gasteiger charge is 2.27. The molecule has 2 heterocycles. The van der Waals surface area contributed by atoms with Crippen molar-refractivity contribution < 1.29 is 18.7 Å². The van der Waals surface area contributed by atoms with Crippen molar-refractivity contribution in [2.45, 2.75) is 18.9 Å². The molecule has 0 aliphatic carbocycles. The van der Waals surface area contributed by atoms with Crippen molar-refractivity contribution in [3.8, 4) is 11.5 Å². The second kappa shape index (κ2) is 12.4. The number of hydrogen-bond acceptors (Lipinski definition) is 6. The van der Waals surface area contributed by atoms with Gasteiger partial charge in [-0.3, -0.25) is 10.1 Å². The number of nitrogens with zero attached hydrogens (tertiary/aromatic N) is 3. The smallest absolute Gasteiger partial charge is 0.323 e. The highest BCUT2D eigenvalue weighted by molar-refractivity contribution is 7.80. The molecular weight excluding hydrogens is 507 g/mol. The number of aromatic nitrogens is 1. The van der Waals surface area contributed by atoms with Crippen LogP contribution >= 0.6 is 12.2 Å². The third-order valence-corrected chi connectivity index (χ3v) is 6.23. The summed E-state index contributed by atoms with van der Waals surface area (Å²) in [6.07, 6.45) is 2.56. The predicted octanol–water partition coefficient (Wildman–Crippen LogP) is 4.24. The lowest BCUT2D eigenvalue weighted by Crippen LogP contribution is -2.37. The van der Waals surface area contributed by atoms with E-state index in [1.165, 1.54) is 24.4 Å². The summed E-state index contributed by atoms with van der Waals surface area (Å²) in [4.78, 5) is 32.8. The molecule has 38 heavy (non-hydrogen) atoms. The van der Waals surface area contributed by atoms with Crippen LogP contribution < -0.4 is 20.7 Å². The largest absolute Gasteiger partial charge is 0.454 e. The number of rotatable bonds is 7. The van der Waals surface area contributed by atoms with Gasteiger partial charge >= 0.3 is 6.03 Å². The molecule has 4 rings (SSSR count). The predicted molar refractivity (Wildman–Crippen MR) is 148 cm³/mol. The van der Waals surface area contributed by atoms with E-state index in [2.05, 4.69) is 25.8 Å². The molecule has 1 aliphatic heterocycles. The number of likely N-dealkylation sites (tertiary alicyclic amines) is 1. The Morgan fingerprint density at radius 1 is 1.13 bits per heavy atom. The number of carbonyl (C=O) groups excluding carboxylic acids is 2. The van der Waals surface area contributed by atoms with Crippen molar-refractivity contribution >= 4 is 40.8 Å². The maximum atomic E-state index is 14.8. The van der Waals surface area contributed by atoms with Gasteiger partial charge in [-0.25, -0.2) is 14.2 Å². The Hall–Kier alpha value is -4.09. The van der Waals surface area contributed by atoms with Crippen LogP contribution in [0.5, 0.6) is 11.5 Å². The molecular formula is C27H29FN6O3S. The van der Waals surface area contributed by atoms with E-state index < -0.39 is 5.82 Å². The van der Waals surface area contributed by atoms with Crippen molar-refractivity contribution in [1.29, 1.82) is 0 Å². The van der Waals surface area contributed by atoms with Gasteiger partial charge in [-0.15, -0.1) is 0 Å². The quantitative estimate of drug-likeness (QED) is 0.389. The second-order valence-corrected chi connectivity index (χ2v) is 9.48. The third kappa shape index (κ3) is 7.46. The summed E-state index contributed by atoms with van der Waals surface area (Å²) in [5, 5.41) is 8.21. The Morgan fingerprint density at radius 2 is 1.92 bits per heavy atom. The minimum Gasteiger partial charge on any atom is -0.454 e. The van der Waals surface area contributed by atoms with E-state index in [1.54, 1.807) is 17.0 Å². The van der Waals surface area contributed by atoms with Crippen LogP contribution in [0.3, 0.4) is 0 Å². The summed E-state index contributed by atoms with van der Waals surface area (Å²) in [7, 11) is 3.99. The van der Waals surface area contributed by atoms with Crippen molar-refractivity contribution in [3.05, 3.63) is 78.2 Å². The Kier molecular flexibility index (Phi) is 8.82. The standard InChI is InChI=1S/C27H29FN6O3S/c1-33(2)20-11-13-34(17-20)27(36)31-24-16-21(10-12-29-24)37-23-9-8-19(15-22(23)28)30-26(38)32-25(35)14-18-6-4-3-5-7-18/h3-10,12,15-16,20H,11,13-14,17H2,1-2H3,(H,29,31,36)(H2,30,32,35,38)/t20-/m0/s1. The van der Waals surface area contributed by atoms with E-state index in [0.29, 0.717) is 36.4 Å². The number of nitrogens with one attached hydrogen (secondary N) is 3. The number of thiocarbonyl (C=S) groups is 1. The lowest BCUT2D eigenvalue weighted by Gasteiger charge is -2.20. The molecule has 1 saturated heterocycles. The number of hydrogen-bond donors (Lipinski definition) is 3. The van der Waals surface area contributed by atoms with Crippen LogP contribution in [-0.4, -0.2) is 65.1 Å². The van der Waals surface area contributed by atoms with Crippen molar-refractivity contribution in [1.82, 2.24) is 20.1 Å². The molecule has 0 spiro atoms. The summed E-state index contributed by atoms with van der Waals surface area (Å²) in [6.45, 7) is 1.30. The van der Waals surface area contributed by atoms with Crippen LogP contribution in [0.4, 0.5) is 20.7 Å². The van der Waals surface area contributed by atoms with E-state index in [0.717, 1.165) is 12.0 Å². The highest BCUT2D eigenvalue weighted by atomic mass is 32.1. The lowest BCUT2D eigenvalue weighted by atomic mass is 10.1. The second-order valence-electron chi connectivity index (χ2n) is 9.07. The molecule has 0 saturated carbocycles. The molecule has 9 nitrogen and oxygen atoms in total. The number of urea groups is 1. The minimum absolute atomic E-state index is 0.0218. The summed E-state index contributed by atoms with van der Waals surface area (Å²) < 4.78 is 20.4. The molecule has 3 aromatic rings. The number of pyridine rings is 1. The number of anilines is 2. The van der Waals surface area contributed by atoms with Gasteiger partial charge < -0.3 is 25.2 Å². The van der Waals surface area contributed by atoms with Gasteiger partial charge in [-0.1, -0.05) is 30.3 Å². The molecule has 3 amide bonds. The van der Waals surface area contributed by atoms with Crippen molar-refractivity contribution in [2.75, 3.05) is 37.8 Å². The zero-order valence-electron chi connectivity index (χ0n) is 21.1. The van der Waals surface area contributed by atoms with Crippen LogP contribution in [0.15, 0.2) is 66.9 Å². The van der Waals surface area contributed by atoms with E-state index in [1.807, 2.05) is 44.4 Å². The first kappa shape index (κ1) is 27.0. The van der Waals surface area contributed by atoms with Crippen LogP contribution in [0.25, 0.3) is 0 Å². The average Bonchev–Trinajstić information content (AvgIpc) is 3.38. The molecule has 1 aliphatic rings. The number of benzene rings is 2. The third-order valence-electron chi connectivity index (χ3n) is 6.03. The van der Waals surface area contributed by atoms with Crippen molar-refractivity contribution in [3.63, 3.8) is 0 Å². The van der Waals surface area contributed by atoms with Crippen LogP contribution in [-0.2, 0) is 11.2 Å². The van der Waals surface area contributed by atoms with Gasteiger partial charge in [0.15, 0.2) is 16.7 Å². The fourth-order valence-electron chi connectivity index (χ4n) is 3.98. The highest BCUT2D eigenvalue weighted by Crippen LogP contribution is 2.28. The molecule has 0 bridgehead atoms. The first-order chi connectivity index (χ1) is 18.3. The van der Waals surface area contributed by atoms with E-state index in [-0.39, 0.29) is 29.2 Å². The molecule has 3 N–H and O–H groups in total. The Morgan fingerprint density at radius 3 is 2.63 bits per heavy atom. The van der Waals surface area contributed by atoms with Gasteiger partial charge in [0.1, 0.15) is 11.6 Å². The van der Waals surface area contributed by atoms with E-state index in [4.69, 9.17) is 17.0 Å². The molecule has 1 atom stereocenters. The lowest BCUT2D eigenvalue weighted by molar-refractivity contribution is -0.119. The van der Waals surface area contributed by atoms with Gasteiger partial charge in [-0.2, -0.15) is 0 Å². The normalized spacial score (nSPS) is 14.7. The summed E-state index contributed by atoms with van der Waals surface area (Å²) in [6, 6.07) is 16.7. The Bertz CT molecular complexity index is 1310. The van der Waals surface area contributed by atoms with Crippen LogP contribution in [0, 0.1) is 5.82 Å². The zero-order chi connectivity index (χ0) is 27.1. The van der Waals surface area contributed by atoms with Crippen LogP contribution in [0.1, 0.15) is 12.0 Å². The minimum atomic E-state index is -0.636. The summed E-state index contributed by atoms with van der Waals surface area (Å²) in [5.41, 5.74) is 1.21. The van der Waals surface area contributed by atoms with Gasteiger partial charge in [0.05, 0.1) is 6.42 Å². The number of halogens is 1. The molecule has 0 unspecified atom stereocenters. The number of likely N-dealkylation sites (N-methyl/N-ethyl adjacent to an activating group) is 1. The topological polar surface area (TPSA) is 98.8 Å². The maximum Gasteiger partial charge on any atom is 0.323 e. The van der Waals surface area contributed by atoms with Gasteiger partial charge in [-0.05, 0) is 56.5 Å². The number of ether oxygens (including phenoxy) is 1. The summed E-state index contributed by atoms with van der Waals surface area (Å²) in [5.74, 6) is -0.326. The molecule has 1 aromatic heterocycles. The van der Waals surface area contributed by atoms with E-state index in [9.17, 15) is 14.0 Å². The van der Waals surface area contributed by atoms with E-state index >= 15 is 0 Å². The zero-order valence-corrected chi connectivity index (χ0v) is 21.9. The average molecular weight is 537 g/mol. The Balaban J connectivity index is 1.31. The molecule has 198 valence electrons. The SMILES string of the molecule is CN(C)[C@H]1CCN(C(=O)Nc2cc(Oc3ccc(NC(=S)NC(=O)Cc4ccccc4)cc3F)ccn2)C1. The number of carbonyl (C=O) groups is 2. The van der Waals surface area contributed by atoms with Gasteiger partial charge in [0.25, 0.3) is 0 Å². The first-order valence-electron chi connectivity index (χ1n) is 12.1. The summed E-state index contributed by atoms with van der Waals surface area (Å²) >= 11 is 5.17. The first-order valence-corrected chi connectivity index (χ1v) is 12.5.